The summed E-state index contributed by atoms with van der Waals surface area (Å²) < 4.78 is 0. The molecule has 0 aliphatic heterocycles. The molecule has 0 bridgehead atoms. The molecule has 1 aliphatic rings. The molecule has 1 saturated carbocycles. The molecule has 1 aromatic heterocycles. The van der Waals surface area contributed by atoms with Crippen LogP contribution in [0.25, 0.3) is 0 Å². The number of hydrogen-bond donors (Lipinski definition) is 1. The Morgan fingerprint density at radius 2 is 2.00 bits per heavy atom. The van der Waals surface area contributed by atoms with Crippen LogP contribution in [0.3, 0.4) is 0 Å². The second-order valence-corrected chi connectivity index (χ2v) is 6.08. The van der Waals surface area contributed by atoms with Gasteiger partial charge in [-0.3, -0.25) is 4.98 Å². The summed E-state index contributed by atoms with van der Waals surface area (Å²) in [5, 5.41) is 3.71. The van der Waals surface area contributed by atoms with E-state index >= 15 is 0 Å². The summed E-state index contributed by atoms with van der Waals surface area (Å²) in [6.07, 6.45) is 7.13. The van der Waals surface area contributed by atoms with Crippen molar-refractivity contribution in [1.29, 1.82) is 0 Å². The average Bonchev–Trinajstić information content (AvgIpc) is 2.33. The van der Waals surface area contributed by atoms with Gasteiger partial charge < -0.3 is 5.32 Å². The monoisotopic (exact) mass is 232 g/mol. The maximum absolute atomic E-state index is 4.41. The van der Waals surface area contributed by atoms with Gasteiger partial charge >= 0.3 is 0 Å². The zero-order valence-electron chi connectivity index (χ0n) is 11.2. The molecule has 2 heteroatoms. The number of nitrogens with zero attached hydrogens (tertiary/aromatic N) is 1. The van der Waals surface area contributed by atoms with Gasteiger partial charge in [-0.2, -0.15) is 0 Å². The van der Waals surface area contributed by atoms with Gasteiger partial charge in [0.2, 0.25) is 0 Å². The molecule has 1 N–H and O–H groups in total. The third kappa shape index (κ3) is 3.53. The normalized spacial score (nSPS) is 22.3. The lowest BCUT2D eigenvalue weighted by Gasteiger charge is -2.35. The Morgan fingerprint density at radius 1 is 1.29 bits per heavy atom. The minimum atomic E-state index is 0.363. The van der Waals surface area contributed by atoms with E-state index in [1.807, 2.05) is 12.3 Å². The van der Waals surface area contributed by atoms with Gasteiger partial charge in [0.15, 0.2) is 0 Å². The molecule has 1 heterocycles. The van der Waals surface area contributed by atoms with Crippen LogP contribution in [0.5, 0.6) is 0 Å². The lowest BCUT2D eigenvalue weighted by molar-refractivity contribution is 0.199. The summed E-state index contributed by atoms with van der Waals surface area (Å²) in [5.41, 5.74) is 1.70. The van der Waals surface area contributed by atoms with Crippen LogP contribution in [0.4, 0.5) is 0 Å². The van der Waals surface area contributed by atoms with Gasteiger partial charge in [-0.15, -0.1) is 0 Å². The summed E-state index contributed by atoms with van der Waals surface area (Å²) in [6.45, 7) is 6.97. The molecule has 17 heavy (non-hydrogen) atoms. The van der Waals surface area contributed by atoms with Crippen LogP contribution >= 0.6 is 0 Å². The van der Waals surface area contributed by atoms with E-state index in [4.69, 9.17) is 0 Å². The fourth-order valence-electron chi connectivity index (χ4n) is 2.64. The molecule has 0 aromatic carbocycles. The first-order valence-corrected chi connectivity index (χ1v) is 6.74. The minimum absolute atomic E-state index is 0.363. The van der Waals surface area contributed by atoms with Gasteiger partial charge in [-0.25, -0.2) is 0 Å². The van der Waals surface area contributed by atoms with Crippen LogP contribution < -0.4 is 5.32 Å². The number of nitrogens with one attached hydrogen (secondary N) is 1. The Labute approximate surface area is 105 Å². The molecule has 2 nitrogen and oxygen atoms in total. The van der Waals surface area contributed by atoms with Crippen molar-refractivity contribution in [3.8, 4) is 0 Å². The number of pyridine rings is 1. The van der Waals surface area contributed by atoms with Gasteiger partial charge in [0, 0.05) is 18.3 Å². The van der Waals surface area contributed by atoms with Crippen LogP contribution in [-0.2, 0) is 0 Å². The third-order valence-corrected chi connectivity index (χ3v) is 3.96. The Balaban J connectivity index is 1.86. The second kappa shape index (κ2) is 5.18. The van der Waals surface area contributed by atoms with Gasteiger partial charge in [0.1, 0.15) is 0 Å². The van der Waals surface area contributed by atoms with Crippen molar-refractivity contribution in [1.82, 2.24) is 10.3 Å². The van der Waals surface area contributed by atoms with Crippen LogP contribution in [-0.4, -0.2) is 11.0 Å². The lowest BCUT2D eigenvalue weighted by atomic mass is 9.75. The molecule has 0 spiro atoms. The first kappa shape index (κ1) is 12.6. The van der Waals surface area contributed by atoms with Crippen LogP contribution in [0.1, 0.15) is 58.2 Å². The summed E-state index contributed by atoms with van der Waals surface area (Å²) >= 11 is 0. The molecule has 1 fully saturated rings. The topological polar surface area (TPSA) is 24.9 Å². The Kier molecular flexibility index (Phi) is 3.82. The molecule has 94 valence electrons. The number of hydrogen-bond acceptors (Lipinski definition) is 2. The predicted molar refractivity (Wildman–Crippen MR) is 71.8 cm³/mol. The summed E-state index contributed by atoms with van der Waals surface area (Å²) in [6, 6.07) is 7.16. The highest BCUT2D eigenvalue weighted by Crippen LogP contribution is 2.35. The van der Waals surface area contributed by atoms with Crippen LogP contribution in [0.2, 0.25) is 0 Å². The molecular formula is C15H24N2. The number of rotatable bonds is 3. The van der Waals surface area contributed by atoms with Crippen LogP contribution in [0.15, 0.2) is 24.4 Å². The quantitative estimate of drug-likeness (QED) is 0.859. The second-order valence-electron chi connectivity index (χ2n) is 6.08. The standard InChI is InChI=1S/C15H24N2/c1-12(14-6-4-5-11-16-14)17-13-7-9-15(2,3)10-8-13/h4-6,11-13,17H,7-10H2,1-3H3. The predicted octanol–water partition coefficient (Wildman–Crippen LogP) is 3.70. The first-order chi connectivity index (χ1) is 8.07. The Morgan fingerprint density at radius 3 is 2.59 bits per heavy atom. The van der Waals surface area contributed by atoms with E-state index in [0.717, 1.165) is 5.69 Å². The highest BCUT2D eigenvalue weighted by atomic mass is 15.0. The van der Waals surface area contributed by atoms with Crippen molar-refractivity contribution in [2.45, 2.75) is 58.5 Å². The van der Waals surface area contributed by atoms with Gasteiger partial charge in [0.05, 0.1) is 5.69 Å². The maximum Gasteiger partial charge on any atom is 0.0570 e. The molecule has 2 rings (SSSR count). The summed E-state index contributed by atoms with van der Waals surface area (Å²) in [5.74, 6) is 0. The van der Waals surface area contributed by atoms with Gasteiger partial charge in [-0.05, 0) is 50.2 Å². The van der Waals surface area contributed by atoms with Crippen molar-refractivity contribution in [3.63, 3.8) is 0 Å². The highest BCUT2D eigenvalue weighted by Gasteiger charge is 2.27. The average molecular weight is 232 g/mol. The smallest absolute Gasteiger partial charge is 0.0570 e. The molecule has 1 aliphatic carbocycles. The molecule has 1 aromatic rings. The zero-order valence-corrected chi connectivity index (χ0v) is 11.2. The van der Waals surface area contributed by atoms with E-state index in [2.05, 4.69) is 43.2 Å². The van der Waals surface area contributed by atoms with Crippen LogP contribution in [0, 0.1) is 5.41 Å². The van der Waals surface area contributed by atoms with E-state index in [0.29, 0.717) is 17.5 Å². The fraction of sp³-hybridized carbons (Fsp3) is 0.667. The number of aromatic nitrogens is 1. The van der Waals surface area contributed by atoms with E-state index in [-0.39, 0.29) is 0 Å². The largest absolute Gasteiger partial charge is 0.306 e. The van der Waals surface area contributed by atoms with Gasteiger partial charge in [-0.1, -0.05) is 19.9 Å². The Bertz CT molecular complexity index is 335. The maximum atomic E-state index is 4.41. The van der Waals surface area contributed by atoms with Crippen molar-refractivity contribution in [3.05, 3.63) is 30.1 Å². The van der Waals surface area contributed by atoms with E-state index in [1.54, 1.807) is 0 Å². The van der Waals surface area contributed by atoms with Crippen molar-refractivity contribution in [2.24, 2.45) is 5.41 Å². The van der Waals surface area contributed by atoms with E-state index in [1.165, 1.54) is 25.7 Å². The van der Waals surface area contributed by atoms with Gasteiger partial charge in [0.25, 0.3) is 0 Å². The Hall–Kier alpha value is -0.890. The van der Waals surface area contributed by atoms with E-state index < -0.39 is 0 Å². The van der Waals surface area contributed by atoms with Crippen molar-refractivity contribution < 1.29 is 0 Å². The van der Waals surface area contributed by atoms with Crippen molar-refractivity contribution in [2.75, 3.05) is 0 Å². The molecule has 0 amide bonds. The lowest BCUT2D eigenvalue weighted by Crippen LogP contribution is -2.37. The molecular weight excluding hydrogens is 208 g/mol. The zero-order chi connectivity index (χ0) is 12.3. The highest BCUT2D eigenvalue weighted by molar-refractivity contribution is 5.08. The van der Waals surface area contributed by atoms with E-state index in [9.17, 15) is 0 Å². The molecule has 0 saturated heterocycles. The minimum Gasteiger partial charge on any atom is -0.306 e. The molecule has 0 radical (unpaired) electrons. The summed E-state index contributed by atoms with van der Waals surface area (Å²) in [4.78, 5) is 4.41. The first-order valence-electron chi connectivity index (χ1n) is 6.74. The SMILES string of the molecule is CC(NC1CCC(C)(C)CC1)c1ccccn1. The van der Waals surface area contributed by atoms with Crippen molar-refractivity contribution >= 4 is 0 Å². The third-order valence-electron chi connectivity index (χ3n) is 3.96. The fourth-order valence-corrected chi connectivity index (χ4v) is 2.64. The molecule has 1 unspecified atom stereocenters. The summed E-state index contributed by atoms with van der Waals surface area (Å²) in [7, 11) is 0. The molecule has 1 atom stereocenters.